The fourth-order valence-corrected chi connectivity index (χ4v) is 5.87. The number of carbonyl (C=O) groups is 1. The van der Waals surface area contributed by atoms with Crippen LogP contribution < -0.4 is 21.2 Å². The molecule has 0 heterocycles. The zero-order chi connectivity index (χ0) is 19.9. The van der Waals surface area contributed by atoms with Crippen LogP contribution in [-0.2, 0) is 4.57 Å². The van der Waals surface area contributed by atoms with Gasteiger partial charge in [-0.05, 0) is 19.1 Å². The summed E-state index contributed by atoms with van der Waals surface area (Å²) in [5.74, 6) is -0.234. The number of hydrogen-bond acceptors (Lipinski definition) is 2. The normalized spacial score (nSPS) is 10.5. The third-order valence-corrected chi connectivity index (χ3v) is 7.30. The van der Waals surface area contributed by atoms with E-state index in [0.717, 1.165) is 16.2 Å². The van der Waals surface area contributed by atoms with Crippen molar-refractivity contribution in [3.05, 3.63) is 90.0 Å². The lowest BCUT2D eigenvalue weighted by Crippen LogP contribution is -2.32. The molecule has 1 amide bonds. The van der Waals surface area contributed by atoms with Crippen LogP contribution in [0, 0.1) is 6.92 Å². The van der Waals surface area contributed by atoms with Gasteiger partial charge in [-0.1, -0.05) is 86.1 Å². The molecule has 0 radical (unpaired) electrons. The van der Waals surface area contributed by atoms with Crippen LogP contribution in [0.3, 0.4) is 0 Å². The van der Waals surface area contributed by atoms with Crippen molar-refractivity contribution in [2.24, 2.45) is 0 Å². The molecular formula is C23H26NO2P. The molecule has 0 atom stereocenters. The average molecular weight is 379 g/mol. The maximum atomic E-state index is 14.4. The first-order valence-electron chi connectivity index (χ1n) is 9.12. The highest BCUT2D eigenvalue weighted by atomic mass is 31.2. The first-order valence-corrected chi connectivity index (χ1v) is 10.8. The molecule has 27 heavy (non-hydrogen) atoms. The van der Waals surface area contributed by atoms with Gasteiger partial charge in [0.15, 0.2) is 7.14 Å². The Kier molecular flexibility index (Phi) is 7.15. The Morgan fingerprint density at radius 3 is 1.74 bits per heavy atom. The SMILES string of the molecule is CC.CNC(=O)c1ccc(C)cc1P(=O)(c1ccccc1)c1ccccc1. The van der Waals surface area contributed by atoms with E-state index in [2.05, 4.69) is 5.32 Å². The van der Waals surface area contributed by atoms with Gasteiger partial charge in [-0.25, -0.2) is 0 Å². The van der Waals surface area contributed by atoms with Crippen LogP contribution in [0.5, 0.6) is 0 Å². The van der Waals surface area contributed by atoms with Crippen LogP contribution >= 0.6 is 7.14 Å². The largest absolute Gasteiger partial charge is 0.355 e. The predicted molar refractivity (Wildman–Crippen MR) is 115 cm³/mol. The standard InChI is InChI=1S/C21H20NO2P.C2H6/c1-16-13-14-19(21(23)22-2)20(15-16)25(24,17-9-5-3-6-10-17)18-11-7-4-8-12-18;1-2/h3-15H,1-2H3,(H,22,23);1-2H3. The second-order valence-electron chi connectivity index (χ2n) is 5.88. The van der Waals surface area contributed by atoms with Crippen molar-refractivity contribution >= 4 is 29.0 Å². The Hall–Kier alpha value is -2.64. The van der Waals surface area contributed by atoms with E-state index in [1.54, 1.807) is 13.1 Å². The van der Waals surface area contributed by atoms with Crippen LogP contribution in [0.4, 0.5) is 0 Å². The van der Waals surface area contributed by atoms with Crippen molar-refractivity contribution in [2.75, 3.05) is 7.05 Å². The molecule has 0 aliphatic carbocycles. The van der Waals surface area contributed by atoms with Gasteiger partial charge in [0.1, 0.15) is 0 Å². The highest BCUT2D eigenvalue weighted by Crippen LogP contribution is 2.43. The van der Waals surface area contributed by atoms with Gasteiger partial charge in [0, 0.05) is 23.0 Å². The van der Waals surface area contributed by atoms with E-state index < -0.39 is 7.14 Å². The van der Waals surface area contributed by atoms with Gasteiger partial charge in [-0.2, -0.15) is 0 Å². The fraction of sp³-hybridized carbons (Fsp3) is 0.174. The van der Waals surface area contributed by atoms with Gasteiger partial charge < -0.3 is 9.88 Å². The number of hydrogen-bond donors (Lipinski definition) is 1. The lowest BCUT2D eigenvalue weighted by molar-refractivity contribution is 0.0964. The molecular weight excluding hydrogens is 353 g/mol. The van der Waals surface area contributed by atoms with E-state index in [0.29, 0.717) is 10.9 Å². The molecule has 0 saturated carbocycles. The van der Waals surface area contributed by atoms with E-state index in [9.17, 15) is 9.36 Å². The van der Waals surface area contributed by atoms with Gasteiger partial charge in [-0.15, -0.1) is 0 Å². The van der Waals surface area contributed by atoms with Crippen LogP contribution in [0.1, 0.15) is 29.8 Å². The zero-order valence-corrected chi connectivity index (χ0v) is 17.2. The predicted octanol–water partition coefficient (Wildman–Crippen LogP) is 4.02. The summed E-state index contributed by atoms with van der Waals surface area (Å²) in [7, 11) is -1.58. The summed E-state index contributed by atoms with van der Waals surface area (Å²) in [6, 6.07) is 24.2. The molecule has 140 valence electrons. The summed E-state index contributed by atoms with van der Waals surface area (Å²) in [5.41, 5.74) is 1.42. The maximum absolute atomic E-state index is 14.4. The van der Waals surface area contributed by atoms with Crippen molar-refractivity contribution in [3.63, 3.8) is 0 Å². The quantitative estimate of drug-likeness (QED) is 0.696. The maximum Gasteiger partial charge on any atom is 0.251 e. The van der Waals surface area contributed by atoms with E-state index >= 15 is 0 Å². The van der Waals surface area contributed by atoms with Crippen molar-refractivity contribution in [2.45, 2.75) is 20.8 Å². The first kappa shape index (κ1) is 20.7. The fourth-order valence-electron chi connectivity index (χ4n) is 2.93. The van der Waals surface area contributed by atoms with Crippen LogP contribution in [-0.4, -0.2) is 13.0 Å². The summed E-state index contributed by atoms with van der Waals surface area (Å²) >= 11 is 0. The molecule has 0 aliphatic heterocycles. The molecule has 1 N–H and O–H groups in total. The lowest BCUT2D eigenvalue weighted by atomic mass is 10.1. The highest BCUT2D eigenvalue weighted by molar-refractivity contribution is 7.85. The molecule has 3 rings (SSSR count). The minimum Gasteiger partial charge on any atom is -0.355 e. The third kappa shape index (κ3) is 4.20. The Balaban J connectivity index is 0.00000126. The van der Waals surface area contributed by atoms with E-state index in [4.69, 9.17) is 0 Å². The number of aryl methyl sites for hydroxylation is 1. The Morgan fingerprint density at radius 2 is 1.30 bits per heavy atom. The molecule has 3 aromatic carbocycles. The third-order valence-electron chi connectivity index (χ3n) is 4.20. The number of rotatable bonds is 4. The van der Waals surface area contributed by atoms with Gasteiger partial charge in [-0.3, -0.25) is 4.79 Å². The van der Waals surface area contributed by atoms with Crippen LogP contribution in [0.2, 0.25) is 0 Å². The highest BCUT2D eigenvalue weighted by Gasteiger charge is 2.33. The zero-order valence-electron chi connectivity index (χ0n) is 16.3. The van der Waals surface area contributed by atoms with E-state index in [1.165, 1.54) is 0 Å². The second kappa shape index (κ2) is 9.34. The molecule has 4 heteroatoms. The molecule has 0 spiro atoms. The lowest BCUT2D eigenvalue weighted by Gasteiger charge is -2.22. The number of nitrogens with one attached hydrogen (secondary N) is 1. The van der Waals surface area contributed by atoms with Gasteiger partial charge >= 0.3 is 0 Å². The molecule has 0 aromatic heterocycles. The van der Waals surface area contributed by atoms with Crippen molar-refractivity contribution < 1.29 is 9.36 Å². The minimum atomic E-state index is -3.17. The smallest absolute Gasteiger partial charge is 0.251 e. The van der Waals surface area contributed by atoms with E-state index in [-0.39, 0.29) is 5.91 Å². The summed E-state index contributed by atoms with van der Waals surface area (Å²) in [6.07, 6.45) is 0. The molecule has 0 unspecified atom stereocenters. The number of amides is 1. The summed E-state index contributed by atoms with van der Waals surface area (Å²) in [5, 5.41) is 4.67. The topological polar surface area (TPSA) is 46.2 Å². The van der Waals surface area contributed by atoms with Gasteiger partial charge in [0.2, 0.25) is 0 Å². The molecule has 3 nitrogen and oxygen atoms in total. The van der Waals surface area contributed by atoms with Crippen molar-refractivity contribution in [3.8, 4) is 0 Å². The monoisotopic (exact) mass is 379 g/mol. The summed E-state index contributed by atoms with van der Waals surface area (Å²) in [4.78, 5) is 12.4. The molecule has 0 aliphatic rings. The minimum absolute atomic E-state index is 0.234. The molecule has 0 fully saturated rings. The molecule has 0 bridgehead atoms. The Morgan fingerprint density at radius 1 is 0.815 bits per heavy atom. The Labute approximate surface area is 161 Å². The summed E-state index contributed by atoms with van der Waals surface area (Å²) in [6.45, 7) is 5.94. The average Bonchev–Trinajstić information content (AvgIpc) is 2.75. The number of benzene rings is 3. The second-order valence-corrected chi connectivity index (χ2v) is 8.61. The van der Waals surface area contributed by atoms with Gasteiger partial charge in [0.25, 0.3) is 5.91 Å². The molecule has 3 aromatic rings. The van der Waals surface area contributed by atoms with Crippen molar-refractivity contribution in [1.29, 1.82) is 0 Å². The Bertz CT molecular complexity index is 894. The van der Waals surface area contributed by atoms with Gasteiger partial charge in [0.05, 0.1) is 5.56 Å². The van der Waals surface area contributed by atoms with Crippen LogP contribution in [0.25, 0.3) is 0 Å². The molecule has 0 saturated heterocycles. The number of carbonyl (C=O) groups excluding carboxylic acids is 1. The first-order chi connectivity index (χ1) is 13.1. The van der Waals surface area contributed by atoms with E-state index in [1.807, 2.05) is 93.6 Å². The van der Waals surface area contributed by atoms with Crippen molar-refractivity contribution in [1.82, 2.24) is 5.32 Å². The summed E-state index contributed by atoms with van der Waals surface area (Å²) < 4.78 is 14.4. The van der Waals surface area contributed by atoms with Crippen LogP contribution in [0.15, 0.2) is 78.9 Å².